The molecular weight excluding hydrogens is 495 g/mol. The fraction of sp³-hybridized carbons (Fsp3) is 0.172. The first kappa shape index (κ1) is 26.9. The van der Waals surface area contributed by atoms with Crippen molar-refractivity contribution in [3.05, 3.63) is 106 Å². The van der Waals surface area contributed by atoms with E-state index in [-0.39, 0.29) is 22.5 Å². The van der Waals surface area contributed by atoms with E-state index in [1.165, 1.54) is 29.4 Å². The smallest absolute Gasteiger partial charge is 0.266 e. The molecule has 1 atom stereocenters. The molecule has 0 amide bonds. The highest BCUT2D eigenvalue weighted by Gasteiger charge is 2.22. The Morgan fingerprint density at radius 3 is 2.72 bits per heavy atom. The molecule has 3 N–H and O–H groups in total. The van der Waals surface area contributed by atoms with Crippen LogP contribution < -0.4 is 16.6 Å². The number of nitrogens with zero attached hydrogens (tertiary/aromatic N) is 6. The van der Waals surface area contributed by atoms with E-state index in [9.17, 15) is 9.18 Å². The first-order chi connectivity index (χ1) is 18.7. The molecule has 0 saturated carbocycles. The Morgan fingerprint density at radius 1 is 1.23 bits per heavy atom. The highest BCUT2D eigenvalue weighted by molar-refractivity contribution is 5.83. The first-order valence-corrected chi connectivity index (χ1v) is 12.1. The fourth-order valence-corrected chi connectivity index (χ4v) is 3.89. The molecule has 4 rings (SSSR count). The van der Waals surface area contributed by atoms with E-state index in [0.29, 0.717) is 28.3 Å². The van der Waals surface area contributed by atoms with E-state index in [2.05, 4.69) is 48.7 Å². The molecule has 10 heteroatoms. The lowest BCUT2D eigenvalue weighted by atomic mass is 10.1. The second kappa shape index (κ2) is 11.5. The van der Waals surface area contributed by atoms with E-state index in [1.807, 2.05) is 26.0 Å². The maximum Gasteiger partial charge on any atom is 0.266 e. The van der Waals surface area contributed by atoms with Gasteiger partial charge in [-0.3, -0.25) is 14.3 Å². The normalized spacial score (nSPS) is 12.5. The second-order valence-electron chi connectivity index (χ2n) is 8.69. The third kappa shape index (κ3) is 5.57. The third-order valence-electron chi connectivity index (χ3n) is 6.00. The number of hydrogen-bond acceptors (Lipinski definition) is 8. The molecule has 3 heterocycles. The van der Waals surface area contributed by atoms with Crippen LogP contribution in [0.5, 0.6) is 0 Å². The van der Waals surface area contributed by atoms with Crippen LogP contribution in [0, 0.1) is 24.6 Å². The van der Waals surface area contributed by atoms with Gasteiger partial charge in [-0.25, -0.2) is 24.3 Å². The summed E-state index contributed by atoms with van der Waals surface area (Å²) in [6.45, 7) is 11.2. The molecule has 3 aromatic heterocycles. The SMILES string of the molecule is C=C/C(=C\C(C)=C/C)n1c(C(C)Nc2ncnc(N)c2C#Cc2cnccn2)nc2c(F)ccc(C)c2c1=O. The lowest BCUT2D eigenvalue weighted by molar-refractivity contribution is 0.632. The monoisotopic (exact) mass is 522 g/mol. The van der Waals surface area contributed by atoms with Gasteiger partial charge in [-0.1, -0.05) is 30.2 Å². The highest BCUT2D eigenvalue weighted by Crippen LogP contribution is 2.26. The van der Waals surface area contributed by atoms with Gasteiger partial charge in [0.05, 0.1) is 23.3 Å². The number of rotatable bonds is 6. The summed E-state index contributed by atoms with van der Waals surface area (Å²) < 4.78 is 16.4. The number of nitrogen functional groups attached to an aromatic ring is 1. The van der Waals surface area contributed by atoms with Crippen molar-refractivity contribution < 1.29 is 4.39 Å². The standard InChI is InChI=1S/C29H27FN8O/c1-6-17(3)14-21(7-2)38-28(37-25-23(30)11-8-18(4)24(25)29(38)39)19(5)36-27-22(26(31)34-16-35-27)10-9-20-15-32-12-13-33-20/h6-8,11-16,19H,2H2,1,3-5H3,(H3,31,34,35,36)/b17-6-,21-14+. The average Bonchev–Trinajstić information content (AvgIpc) is 2.93. The summed E-state index contributed by atoms with van der Waals surface area (Å²) in [5.74, 6) is 5.96. The van der Waals surface area contributed by atoms with Crippen LogP contribution in [0.4, 0.5) is 16.0 Å². The number of aryl methyl sites for hydroxylation is 1. The van der Waals surface area contributed by atoms with E-state index >= 15 is 0 Å². The predicted octanol–water partition coefficient (Wildman–Crippen LogP) is 4.57. The lowest BCUT2D eigenvalue weighted by Gasteiger charge is -2.22. The number of hydrogen-bond donors (Lipinski definition) is 2. The average molecular weight is 523 g/mol. The minimum atomic E-state index is -0.650. The van der Waals surface area contributed by atoms with Crippen molar-refractivity contribution in [2.24, 2.45) is 0 Å². The molecule has 9 nitrogen and oxygen atoms in total. The maximum atomic E-state index is 14.9. The van der Waals surface area contributed by atoms with E-state index < -0.39 is 17.4 Å². The van der Waals surface area contributed by atoms with Crippen molar-refractivity contribution in [2.75, 3.05) is 11.1 Å². The fourth-order valence-electron chi connectivity index (χ4n) is 3.89. The first-order valence-electron chi connectivity index (χ1n) is 12.1. The minimum Gasteiger partial charge on any atom is -0.382 e. The van der Waals surface area contributed by atoms with Crippen LogP contribution in [0.1, 0.15) is 49.5 Å². The maximum absolute atomic E-state index is 14.9. The Hall–Kier alpha value is -5.17. The van der Waals surface area contributed by atoms with Gasteiger partial charge >= 0.3 is 0 Å². The summed E-state index contributed by atoms with van der Waals surface area (Å²) >= 11 is 0. The Morgan fingerprint density at radius 2 is 2.03 bits per heavy atom. The molecule has 0 radical (unpaired) electrons. The van der Waals surface area contributed by atoms with Crippen molar-refractivity contribution in [1.82, 2.24) is 29.5 Å². The molecule has 196 valence electrons. The Balaban J connectivity index is 1.91. The Kier molecular flexibility index (Phi) is 7.91. The molecule has 39 heavy (non-hydrogen) atoms. The number of allylic oxidation sites excluding steroid dienone is 5. The molecule has 1 unspecified atom stereocenters. The van der Waals surface area contributed by atoms with Gasteiger partial charge in [-0.2, -0.15) is 0 Å². The van der Waals surface area contributed by atoms with Crippen LogP contribution >= 0.6 is 0 Å². The van der Waals surface area contributed by atoms with Crippen LogP contribution in [0.3, 0.4) is 0 Å². The molecule has 0 spiro atoms. The molecular formula is C29H27FN8O. The van der Waals surface area contributed by atoms with Gasteiger partial charge < -0.3 is 11.1 Å². The predicted molar refractivity (Wildman–Crippen MR) is 151 cm³/mol. The highest BCUT2D eigenvalue weighted by atomic mass is 19.1. The molecule has 0 bridgehead atoms. The van der Waals surface area contributed by atoms with Crippen molar-refractivity contribution in [3.63, 3.8) is 0 Å². The van der Waals surface area contributed by atoms with Crippen LogP contribution in [-0.2, 0) is 0 Å². The number of nitrogens with two attached hydrogens (primary N) is 1. The lowest BCUT2D eigenvalue weighted by Crippen LogP contribution is -2.29. The third-order valence-corrected chi connectivity index (χ3v) is 6.00. The minimum absolute atomic E-state index is 0.0177. The second-order valence-corrected chi connectivity index (χ2v) is 8.69. The van der Waals surface area contributed by atoms with E-state index in [0.717, 1.165) is 5.57 Å². The molecule has 0 aliphatic rings. The zero-order valence-corrected chi connectivity index (χ0v) is 22.0. The molecule has 4 aromatic rings. The topological polar surface area (TPSA) is 124 Å². The number of nitrogens with one attached hydrogen (secondary N) is 1. The van der Waals surface area contributed by atoms with Gasteiger partial charge in [0.2, 0.25) is 0 Å². The molecule has 1 aromatic carbocycles. The summed E-state index contributed by atoms with van der Waals surface area (Å²) in [6.07, 6.45) is 11.2. The van der Waals surface area contributed by atoms with E-state index in [1.54, 1.807) is 32.2 Å². The molecule has 0 aliphatic carbocycles. The summed E-state index contributed by atoms with van der Waals surface area (Å²) in [7, 11) is 0. The van der Waals surface area contributed by atoms with Crippen LogP contribution in [0.25, 0.3) is 16.6 Å². The van der Waals surface area contributed by atoms with Gasteiger partial charge in [-0.05, 0) is 57.4 Å². The van der Waals surface area contributed by atoms with Crippen molar-refractivity contribution >= 4 is 28.2 Å². The molecule has 0 saturated heterocycles. The van der Waals surface area contributed by atoms with Gasteiger partial charge in [0.25, 0.3) is 5.56 Å². The van der Waals surface area contributed by atoms with Gasteiger partial charge in [-0.15, -0.1) is 0 Å². The van der Waals surface area contributed by atoms with Crippen molar-refractivity contribution in [2.45, 2.75) is 33.7 Å². The number of aromatic nitrogens is 6. The Labute approximate surface area is 225 Å². The number of fused-ring (bicyclic) bond motifs is 1. The number of halogens is 1. The van der Waals surface area contributed by atoms with Crippen molar-refractivity contribution in [1.29, 1.82) is 0 Å². The van der Waals surface area contributed by atoms with Gasteiger partial charge in [0, 0.05) is 12.4 Å². The van der Waals surface area contributed by atoms with Crippen LogP contribution in [0.2, 0.25) is 0 Å². The number of anilines is 2. The molecule has 0 fully saturated rings. The summed E-state index contributed by atoms with van der Waals surface area (Å²) in [4.78, 5) is 35.0. The zero-order chi connectivity index (χ0) is 28.1. The quantitative estimate of drug-likeness (QED) is 0.279. The van der Waals surface area contributed by atoms with Crippen molar-refractivity contribution in [3.8, 4) is 11.8 Å². The number of benzene rings is 1. The van der Waals surface area contributed by atoms with E-state index in [4.69, 9.17) is 5.73 Å². The molecule has 0 aliphatic heterocycles. The summed E-state index contributed by atoms with van der Waals surface area (Å²) in [6, 6.07) is 2.21. The van der Waals surface area contributed by atoms with Crippen LogP contribution in [-0.4, -0.2) is 29.5 Å². The summed E-state index contributed by atoms with van der Waals surface area (Å²) in [5, 5.41) is 3.42. The largest absolute Gasteiger partial charge is 0.382 e. The van der Waals surface area contributed by atoms with Gasteiger partial charge in [0.1, 0.15) is 46.4 Å². The zero-order valence-electron chi connectivity index (χ0n) is 22.0. The summed E-state index contributed by atoms with van der Waals surface area (Å²) in [5.41, 5.74) is 8.47. The Bertz CT molecular complexity index is 1750. The van der Waals surface area contributed by atoms with Gasteiger partial charge in [0.15, 0.2) is 0 Å². The van der Waals surface area contributed by atoms with Crippen LogP contribution in [0.15, 0.2) is 72.2 Å².